The van der Waals surface area contributed by atoms with Gasteiger partial charge in [0.15, 0.2) is 76.0 Å². The Bertz CT molecular complexity index is 2720. The monoisotopic (exact) mass is 968 g/mol. The van der Waals surface area contributed by atoms with Gasteiger partial charge in [-0.15, -0.1) is 21.9 Å². The number of aromatic nitrogens is 2. The van der Waals surface area contributed by atoms with E-state index in [1.54, 1.807) is 6.20 Å². The molecule has 7 aromatic rings. The Kier molecular flexibility index (Phi) is 13.9. The summed E-state index contributed by atoms with van der Waals surface area (Å²) in [6.07, 6.45) is -1.06. The van der Waals surface area contributed by atoms with Crippen LogP contribution in [-0.4, -0.2) is 16.9 Å². The van der Waals surface area contributed by atoms with Crippen molar-refractivity contribution in [1.82, 2.24) is 4.98 Å². The number of carbonyl (C=O) groups is 1. The highest BCUT2D eigenvalue weighted by Crippen LogP contribution is 2.31. The van der Waals surface area contributed by atoms with E-state index in [0.717, 1.165) is 17.7 Å². The molecule has 0 amide bonds. The van der Waals surface area contributed by atoms with Crippen LogP contribution in [0.25, 0.3) is 0 Å². The third-order valence-corrected chi connectivity index (χ3v) is 10.3. The van der Waals surface area contributed by atoms with E-state index in [1.807, 2.05) is 65.5 Å². The van der Waals surface area contributed by atoms with Gasteiger partial charge < -0.3 is 0 Å². The zero-order chi connectivity index (χ0) is 49.6. The highest BCUT2D eigenvalue weighted by Gasteiger charge is 2.52. The molecule has 6 aromatic carbocycles. The average Bonchev–Trinajstić information content (AvgIpc) is 3.32. The van der Waals surface area contributed by atoms with Gasteiger partial charge in [0.1, 0.15) is 52.7 Å². The summed E-state index contributed by atoms with van der Waals surface area (Å²) in [7, 11) is 0. The predicted octanol–water partition coefficient (Wildman–Crippen LogP) is 8.69. The molecule has 0 saturated carbocycles. The lowest BCUT2D eigenvalue weighted by Gasteiger charge is -2.44. The van der Waals surface area contributed by atoms with Crippen LogP contribution in [0.3, 0.4) is 0 Å². The second kappa shape index (κ2) is 18.9. The molecule has 0 N–H and O–H groups in total. The number of hydrogen-bond donors (Lipinski definition) is 0. The molecule has 0 aliphatic rings. The Balaban J connectivity index is 0.000000279. The molecule has 0 bridgehead atoms. The van der Waals surface area contributed by atoms with Crippen molar-refractivity contribution in [1.29, 1.82) is 0 Å². The van der Waals surface area contributed by atoms with Gasteiger partial charge in [0.25, 0.3) is 0 Å². The number of Topliss-reactive ketones (excluding diaryl/α,β-unsaturated/α-hetero) is 1. The van der Waals surface area contributed by atoms with Crippen molar-refractivity contribution in [2.75, 3.05) is 0 Å². The van der Waals surface area contributed by atoms with Gasteiger partial charge in [-0.3, -0.25) is 9.78 Å². The van der Waals surface area contributed by atoms with Crippen molar-refractivity contribution >= 4 is 33.8 Å². The SMILES string of the molecule is Fc1c(F)c(F)c([B-](c2c(F)c(F)c(F)c(F)c2F)(c2c(F)c(F)c(F)c(F)c2F)c2c(F)c(F)c(F)c(F)c2F)c(F)c1F.O=C(C[n+]1ccncc1Cc1ccccc1)c1ccccc1. The Morgan fingerprint density at radius 3 is 1.00 bits per heavy atom. The van der Waals surface area contributed by atoms with Crippen LogP contribution >= 0.6 is 0 Å². The maximum Gasteiger partial charge on any atom is 0.227 e. The molecular weight excluding hydrogens is 951 g/mol. The lowest BCUT2D eigenvalue weighted by Crippen LogP contribution is -2.81. The maximum absolute atomic E-state index is 15.4. The van der Waals surface area contributed by atoms with Crippen LogP contribution in [0, 0.1) is 116 Å². The van der Waals surface area contributed by atoms with E-state index >= 15 is 35.1 Å². The van der Waals surface area contributed by atoms with E-state index in [1.165, 1.54) is 5.56 Å². The molecule has 67 heavy (non-hydrogen) atoms. The van der Waals surface area contributed by atoms with E-state index in [-0.39, 0.29) is 5.78 Å². The van der Waals surface area contributed by atoms with Crippen molar-refractivity contribution in [3.63, 3.8) is 0 Å². The molecule has 0 fully saturated rings. The summed E-state index contributed by atoms with van der Waals surface area (Å²) in [5.74, 6) is -71.3. The molecule has 0 radical (unpaired) electrons. The minimum atomic E-state index is -7.22. The van der Waals surface area contributed by atoms with Crippen molar-refractivity contribution in [2.45, 2.75) is 13.0 Å². The topological polar surface area (TPSA) is 33.8 Å². The zero-order valence-corrected chi connectivity index (χ0v) is 32.4. The van der Waals surface area contributed by atoms with E-state index in [0.29, 0.717) is 6.54 Å². The van der Waals surface area contributed by atoms with Gasteiger partial charge in [-0.1, -0.05) is 60.7 Å². The maximum atomic E-state index is 15.4. The molecule has 0 aliphatic heterocycles. The highest BCUT2D eigenvalue weighted by atomic mass is 19.2. The molecular formula is C43H17BF20N2O. The minimum Gasteiger partial charge on any atom is -0.287 e. The van der Waals surface area contributed by atoms with Crippen LogP contribution in [0.15, 0.2) is 79.3 Å². The molecule has 0 aliphatic carbocycles. The van der Waals surface area contributed by atoms with Gasteiger partial charge in [0.05, 0.1) is 18.8 Å². The summed E-state index contributed by atoms with van der Waals surface area (Å²) >= 11 is 0. The van der Waals surface area contributed by atoms with Crippen LogP contribution < -0.4 is 26.4 Å². The van der Waals surface area contributed by atoms with Crippen LogP contribution in [0.1, 0.15) is 21.6 Å². The molecule has 24 heteroatoms. The highest BCUT2D eigenvalue weighted by molar-refractivity contribution is 7.20. The number of benzene rings is 6. The van der Waals surface area contributed by atoms with Gasteiger partial charge in [0, 0.05) is 5.56 Å². The number of hydrogen-bond acceptors (Lipinski definition) is 2. The summed E-state index contributed by atoms with van der Waals surface area (Å²) in [6, 6.07) is 19.6. The Morgan fingerprint density at radius 2 is 0.687 bits per heavy atom. The summed E-state index contributed by atoms with van der Waals surface area (Å²) < 4.78 is 296. The second-order valence-corrected chi connectivity index (χ2v) is 13.9. The largest absolute Gasteiger partial charge is 0.287 e. The van der Waals surface area contributed by atoms with Crippen molar-refractivity contribution < 1.29 is 97.2 Å². The summed E-state index contributed by atoms with van der Waals surface area (Å²) in [5.41, 5.74) is -11.4. The smallest absolute Gasteiger partial charge is 0.227 e. The van der Waals surface area contributed by atoms with Gasteiger partial charge >= 0.3 is 0 Å². The van der Waals surface area contributed by atoms with Crippen molar-refractivity contribution in [3.05, 3.63) is 212 Å². The summed E-state index contributed by atoms with van der Waals surface area (Å²) in [4.78, 5) is 16.6. The van der Waals surface area contributed by atoms with Crippen LogP contribution in [0.5, 0.6) is 0 Å². The molecule has 3 nitrogen and oxygen atoms in total. The van der Waals surface area contributed by atoms with Gasteiger partial charge in [0.2, 0.25) is 18.0 Å². The standard InChI is InChI=1S/C24BF20.C19H17N2O/c26-5-1(6(27)14(35)21(42)13(5)34)25(2-7(28)15(36)22(43)16(37)8(2)29,3-9(30)17(38)23(44)18(39)10(3)31)4-11(32)19(40)24(45)20(41)12(4)33;22-19(17-9-5-2-6-10-17)15-21-12-11-20-14-18(21)13-16-7-3-1-4-8-16/h;1-12,14H,13,15H2/q-1;+1. The lowest BCUT2D eigenvalue weighted by atomic mass is 9.12. The van der Waals surface area contributed by atoms with Gasteiger partial charge in [-0.2, -0.15) is 4.57 Å². The fourth-order valence-electron chi connectivity index (χ4n) is 7.27. The number of rotatable bonds is 9. The third-order valence-electron chi connectivity index (χ3n) is 10.3. The number of ketones is 1. The minimum absolute atomic E-state index is 0.103. The number of halogens is 20. The molecule has 0 unspecified atom stereocenters. The van der Waals surface area contributed by atoms with Crippen LogP contribution in [0.2, 0.25) is 0 Å². The summed E-state index contributed by atoms with van der Waals surface area (Å²) in [6.45, 7) is 0.328. The molecule has 0 saturated heterocycles. The third kappa shape index (κ3) is 8.21. The lowest BCUT2D eigenvalue weighted by molar-refractivity contribution is -0.690. The molecule has 1 aromatic heterocycles. The molecule has 1 heterocycles. The Labute approximate surface area is 361 Å². The first-order valence-corrected chi connectivity index (χ1v) is 18.2. The van der Waals surface area contributed by atoms with Crippen LogP contribution in [0.4, 0.5) is 87.8 Å². The molecule has 0 atom stereocenters. The van der Waals surface area contributed by atoms with Crippen molar-refractivity contribution in [3.8, 4) is 0 Å². The fourth-order valence-corrected chi connectivity index (χ4v) is 7.27. The zero-order valence-electron chi connectivity index (χ0n) is 32.4. The molecule has 348 valence electrons. The second-order valence-electron chi connectivity index (χ2n) is 13.9. The number of nitrogens with zero attached hydrogens (tertiary/aromatic N) is 2. The first-order valence-electron chi connectivity index (χ1n) is 18.2. The van der Waals surface area contributed by atoms with E-state index in [2.05, 4.69) is 17.1 Å². The average molecular weight is 968 g/mol. The molecule has 7 rings (SSSR count). The van der Waals surface area contributed by atoms with E-state index in [9.17, 15) is 57.5 Å². The first-order chi connectivity index (χ1) is 31.5. The predicted molar refractivity (Wildman–Crippen MR) is 194 cm³/mol. The normalized spacial score (nSPS) is 11.5. The van der Waals surface area contributed by atoms with Crippen LogP contribution in [-0.2, 0) is 13.0 Å². The number of carbonyl (C=O) groups excluding carboxylic acids is 1. The Morgan fingerprint density at radius 1 is 0.403 bits per heavy atom. The van der Waals surface area contributed by atoms with Gasteiger partial charge in [-0.05, 0) is 5.56 Å². The summed E-state index contributed by atoms with van der Waals surface area (Å²) in [5, 5.41) is 0. The van der Waals surface area contributed by atoms with Gasteiger partial charge in [-0.25, -0.2) is 87.8 Å². The first kappa shape index (κ1) is 49.2. The van der Waals surface area contributed by atoms with E-state index in [4.69, 9.17) is 0 Å². The van der Waals surface area contributed by atoms with Crippen molar-refractivity contribution in [2.24, 2.45) is 0 Å². The quantitative estimate of drug-likeness (QED) is 0.0363. The van der Waals surface area contributed by atoms with E-state index < -0.39 is 144 Å². The Hall–Kier alpha value is -7.27. The molecule has 0 spiro atoms. The fraction of sp³-hybridized carbons (Fsp3) is 0.0465.